The molecular formula is C23H29N3O5S2. The van der Waals surface area contributed by atoms with Crippen molar-refractivity contribution in [1.82, 2.24) is 9.62 Å². The Morgan fingerprint density at radius 1 is 1.18 bits per heavy atom. The number of aryl methyl sites for hydroxylation is 2. The van der Waals surface area contributed by atoms with Crippen molar-refractivity contribution in [1.29, 1.82) is 0 Å². The summed E-state index contributed by atoms with van der Waals surface area (Å²) in [6, 6.07) is 6.91. The van der Waals surface area contributed by atoms with Crippen LogP contribution in [-0.4, -0.2) is 63.9 Å². The molecule has 1 aromatic heterocycles. The monoisotopic (exact) mass is 491 g/mol. The first-order valence-corrected chi connectivity index (χ1v) is 13.5. The second kappa shape index (κ2) is 10.3. The van der Waals surface area contributed by atoms with Gasteiger partial charge in [-0.15, -0.1) is 11.3 Å². The van der Waals surface area contributed by atoms with Gasteiger partial charge in [-0.2, -0.15) is 4.31 Å². The Morgan fingerprint density at radius 2 is 1.97 bits per heavy atom. The Morgan fingerprint density at radius 3 is 2.70 bits per heavy atom. The molecule has 33 heavy (non-hydrogen) atoms. The number of rotatable bonds is 7. The molecule has 8 nitrogen and oxygen atoms in total. The van der Waals surface area contributed by atoms with Crippen LogP contribution in [0.1, 0.15) is 28.8 Å². The lowest BCUT2D eigenvalue weighted by molar-refractivity contribution is -0.123. The van der Waals surface area contributed by atoms with Crippen molar-refractivity contribution in [3.8, 4) is 0 Å². The van der Waals surface area contributed by atoms with Crippen molar-refractivity contribution in [3.05, 3.63) is 45.6 Å². The van der Waals surface area contributed by atoms with Gasteiger partial charge in [0.25, 0.3) is 0 Å². The molecule has 1 aromatic carbocycles. The van der Waals surface area contributed by atoms with Gasteiger partial charge in [-0.25, -0.2) is 8.42 Å². The van der Waals surface area contributed by atoms with E-state index >= 15 is 0 Å². The lowest BCUT2D eigenvalue weighted by Crippen LogP contribution is -2.41. The Kier molecular flexibility index (Phi) is 7.48. The van der Waals surface area contributed by atoms with Crippen molar-refractivity contribution in [3.63, 3.8) is 0 Å². The average Bonchev–Trinajstić information content (AvgIpc) is 3.15. The highest BCUT2D eigenvalue weighted by Gasteiger charge is 2.29. The number of sulfonamides is 1. The van der Waals surface area contributed by atoms with E-state index in [1.807, 2.05) is 12.3 Å². The number of benzene rings is 1. The summed E-state index contributed by atoms with van der Waals surface area (Å²) in [6.07, 6.45) is 2.27. The molecule has 4 rings (SSSR count). The number of nitrogens with one attached hydrogen (secondary N) is 1. The highest BCUT2D eigenvalue weighted by molar-refractivity contribution is 7.89. The fourth-order valence-electron chi connectivity index (χ4n) is 4.17. The second-order valence-corrected chi connectivity index (χ2v) is 11.2. The number of ether oxygens (including phenoxy) is 1. The first-order chi connectivity index (χ1) is 15.9. The van der Waals surface area contributed by atoms with Gasteiger partial charge in [-0.05, 0) is 67.0 Å². The van der Waals surface area contributed by atoms with E-state index in [9.17, 15) is 18.0 Å². The molecule has 0 bridgehead atoms. The number of thiophene rings is 1. The summed E-state index contributed by atoms with van der Waals surface area (Å²) in [7, 11) is -3.63. The van der Waals surface area contributed by atoms with E-state index in [1.165, 1.54) is 25.7 Å². The predicted molar refractivity (Wildman–Crippen MR) is 127 cm³/mol. The SMILES string of the molecule is Cc1ccsc1CCNC(=O)CN1C(=O)CCCc2cc(S(=O)(=O)N3CCOCC3)ccc21. The normalized spacial score (nSPS) is 17.5. The molecule has 1 fully saturated rings. The summed E-state index contributed by atoms with van der Waals surface area (Å²) >= 11 is 1.67. The summed E-state index contributed by atoms with van der Waals surface area (Å²) in [5, 5.41) is 4.94. The molecule has 0 unspecified atom stereocenters. The number of carbonyl (C=O) groups is 2. The van der Waals surface area contributed by atoms with Crippen LogP contribution >= 0.6 is 11.3 Å². The van der Waals surface area contributed by atoms with Gasteiger partial charge in [0.1, 0.15) is 6.54 Å². The largest absolute Gasteiger partial charge is 0.379 e. The van der Waals surface area contributed by atoms with Crippen LogP contribution in [0.3, 0.4) is 0 Å². The number of fused-ring (bicyclic) bond motifs is 1. The standard InChI is InChI=1S/C23H29N3O5S2/c1-17-8-14-32-21(17)7-9-24-22(27)16-26-20-6-5-19(15-18(20)3-2-4-23(26)28)33(29,30)25-10-12-31-13-11-25/h5-6,8,14-15H,2-4,7,9-13,16H2,1H3,(H,24,27). The molecule has 0 radical (unpaired) electrons. The molecule has 0 atom stereocenters. The van der Waals surface area contributed by atoms with E-state index in [0.29, 0.717) is 57.8 Å². The van der Waals surface area contributed by atoms with Crippen molar-refractivity contribution in [2.24, 2.45) is 0 Å². The first-order valence-electron chi connectivity index (χ1n) is 11.2. The van der Waals surface area contributed by atoms with Crippen LogP contribution in [0.5, 0.6) is 0 Å². The maximum Gasteiger partial charge on any atom is 0.243 e. The van der Waals surface area contributed by atoms with Crippen LogP contribution in [0, 0.1) is 6.92 Å². The quantitative estimate of drug-likeness (QED) is 0.640. The minimum absolute atomic E-state index is 0.0786. The van der Waals surface area contributed by atoms with Gasteiger partial charge in [-0.1, -0.05) is 0 Å². The number of morpholine rings is 1. The molecule has 178 valence electrons. The first kappa shape index (κ1) is 23.9. The van der Waals surface area contributed by atoms with E-state index in [4.69, 9.17) is 4.74 Å². The summed E-state index contributed by atoms with van der Waals surface area (Å²) in [6.45, 7) is 3.90. The molecule has 2 aliphatic rings. The van der Waals surface area contributed by atoms with Gasteiger partial charge in [0, 0.05) is 36.6 Å². The Labute approximate surface area is 198 Å². The molecule has 10 heteroatoms. The molecule has 0 aliphatic carbocycles. The van der Waals surface area contributed by atoms with Gasteiger partial charge >= 0.3 is 0 Å². The number of anilines is 1. The average molecular weight is 492 g/mol. The third-order valence-corrected chi connectivity index (χ3v) is 9.01. The van der Waals surface area contributed by atoms with Crippen LogP contribution in [-0.2, 0) is 37.2 Å². The number of hydrogen-bond donors (Lipinski definition) is 1. The molecule has 0 saturated carbocycles. The smallest absolute Gasteiger partial charge is 0.243 e. The van der Waals surface area contributed by atoms with E-state index in [-0.39, 0.29) is 23.3 Å². The van der Waals surface area contributed by atoms with E-state index in [0.717, 1.165) is 12.0 Å². The van der Waals surface area contributed by atoms with Crippen molar-refractivity contribution in [2.75, 3.05) is 44.3 Å². The van der Waals surface area contributed by atoms with Crippen molar-refractivity contribution >= 4 is 38.9 Å². The second-order valence-electron chi connectivity index (χ2n) is 8.27. The van der Waals surface area contributed by atoms with Gasteiger partial charge in [0.15, 0.2) is 0 Å². The minimum atomic E-state index is -3.63. The van der Waals surface area contributed by atoms with Gasteiger partial charge < -0.3 is 15.0 Å². The Hall–Kier alpha value is -2.27. The fraction of sp³-hybridized carbons (Fsp3) is 0.478. The Balaban J connectivity index is 1.47. The zero-order valence-corrected chi connectivity index (χ0v) is 20.3. The van der Waals surface area contributed by atoms with E-state index in [2.05, 4.69) is 11.4 Å². The lowest BCUT2D eigenvalue weighted by Gasteiger charge is -2.27. The Bertz CT molecular complexity index is 1120. The zero-order valence-electron chi connectivity index (χ0n) is 18.7. The third-order valence-electron chi connectivity index (χ3n) is 6.03. The number of carbonyl (C=O) groups excluding carboxylic acids is 2. The van der Waals surface area contributed by atoms with Gasteiger partial charge in [0.2, 0.25) is 21.8 Å². The molecule has 0 spiro atoms. The summed E-state index contributed by atoms with van der Waals surface area (Å²) < 4.78 is 32.8. The highest BCUT2D eigenvalue weighted by atomic mass is 32.2. The summed E-state index contributed by atoms with van der Waals surface area (Å²) in [4.78, 5) is 28.3. The number of hydrogen-bond acceptors (Lipinski definition) is 6. The van der Waals surface area contributed by atoms with E-state index in [1.54, 1.807) is 23.5 Å². The maximum absolute atomic E-state index is 13.0. The summed E-state index contributed by atoms with van der Waals surface area (Å²) in [5.41, 5.74) is 2.61. The molecule has 2 aromatic rings. The zero-order chi connectivity index (χ0) is 23.4. The third kappa shape index (κ3) is 5.46. The molecule has 3 heterocycles. The summed E-state index contributed by atoms with van der Waals surface area (Å²) in [5.74, 6) is -0.350. The van der Waals surface area contributed by atoms with E-state index < -0.39 is 10.0 Å². The number of amides is 2. The molecule has 1 N–H and O–H groups in total. The highest BCUT2D eigenvalue weighted by Crippen LogP contribution is 2.30. The van der Waals surface area contributed by atoms with Crippen molar-refractivity contribution in [2.45, 2.75) is 37.5 Å². The van der Waals surface area contributed by atoms with Crippen molar-refractivity contribution < 1.29 is 22.7 Å². The van der Waals surface area contributed by atoms with Gasteiger partial charge in [0.05, 0.1) is 18.1 Å². The molecule has 2 aliphatic heterocycles. The van der Waals surface area contributed by atoms with Crippen LogP contribution < -0.4 is 10.2 Å². The van der Waals surface area contributed by atoms with Gasteiger partial charge in [-0.3, -0.25) is 9.59 Å². The van der Waals surface area contributed by atoms with Crippen LogP contribution in [0.2, 0.25) is 0 Å². The van der Waals surface area contributed by atoms with Crippen LogP contribution in [0.4, 0.5) is 5.69 Å². The fourth-order valence-corrected chi connectivity index (χ4v) is 6.54. The predicted octanol–water partition coefficient (Wildman–Crippen LogP) is 2.11. The molecule has 2 amide bonds. The maximum atomic E-state index is 13.0. The molecular weight excluding hydrogens is 462 g/mol. The van der Waals surface area contributed by atoms with Crippen LogP contribution in [0.25, 0.3) is 0 Å². The topological polar surface area (TPSA) is 96.0 Å². The lowest BCUT2D eigenvalue weighted by atomic mass is 10.1. The molecule has 1 saturated heterocycles. The minimum Gasteiger partial charge on any atom is -0.379 e. The van der Waals surface area contributed by atoms with Crippen LogP contribution in [0.15, 0.2) is 34.5 Å². The number of nitrogens with zero attached hydrogens (tertiary/aromatic N) is 2.